The van der Waals surface area contributed by atoms with Crippen LogP contribution in [0.5, 0.6) is 5.75 Å². The number of hydrogen-bond acceptors (Lipinski definition) is 7. The number of nitrogens with zero attached hydrogens (tertiary/aromatic N) is 2. The first-order chi connectivity index (χ1) is 15.8. The summed E-state index contributed by atoms with van der Waals surface area (Å²) in [6.45, 7) is -0.247. The van der Waals surface area contributed by atoms with E-state index in [4.69, 9.17) is 9.47 Å². The SMILES string of the molecule is CN1C(=O)c2ccc(NC(=O)COC(=O)COc3ccc(N4CCCC4=O)cc3)cc2C1=O. The number of amides is 4. The molecule has 0 spiro atoms. The van der Waals surface area contributed by atoms with Crippen LogP contribution in [0.4, 0.5) is 11.4 Å². The Labute approximate surface area is 189 Å². The molecule has 2 aromatic carbocycles. The molecule has 1 fully saturated rings. The lowest BCUT2D eigenvalue weighted by molar-refractivity contribution is -0.149. The van der Waals surface area contributed by atoms with Crippen LogP contribution in [0.2, 0.25) is 0 Å². The lowest BCUT2D eigenvalue weighted by Crippen LogP contribution is -2.24. The van der Waals surface area contributed by atoms with Crippen LogP contribution in [0.3, 0.4) is 0 Å². The minimum Gasteiger partial charge on any atom is -0.482 e. The molecule has 0 bridgehead atoms. The fraction of sp³-hybridized carbons (Fsp3) is 0.261. The van der Waals surface area contributed by atoms with Gasteiger partial charge in [0.2, 0.25) is 5.91 Å². The summed E-state index contributed by atoms with van der Waals surface area (Å²) in [5.74, 6) is -1.68. The second-order valence-corrected chi connectivity index (χ2v) is 7.57. The lowest BCUT2D eigenvalue weighted by atomic mass is 10.1. The van der Waals surface area contributed by atoms with Crippen LogP contribution in [0.1, 0.15) is 33.6 Å². The van der Waals surface area contributed by atoms with Gasteiger partial charge < -0.3 is 19.7 Å². The van der Waals surface area contributed by atoms with Gasteiger partial charge in [0.25, 0.3) is 17.7 Å². The Morgan fingerprint density at radius 2 is 1.70 bits per heavy atom. The van der Waals surface area contributed by atoms with E-state index in [1.807, 2.05) is 0 Å². The molecule has 0 aliphatic carbocycles. The van der Waals surface area contributed by atoms with Crippen molar-refractivity contribution in [1.29, 1.82) is 0 Å². The molecule has 0 unspecified atom stereocenters. The maximum Gasteiger partial charge on any atom is 0.344 e. The summed E-state index contributed by atoms with van der Waals surface area (Å²) < 4.78 is 10.3. The van der Waals surface area contributed by atoms with Gasteiger partial charge in [-0.3, -0.25) is 24.1 Å². The Balaban J connectivity index is 1.22. The molecule has 10 nitrogen and oxygen atoms in total. The van der Waals surface area contributed by atoms with Gasteiger partial charge in [0, 0.05) is 31.4 Å². The van der Waals surface area contributed by atoms with E-state index in [1.165, 1.54) is 25.2 Å². The monoisotopic (exact) mass is 451 g/mol. The summed E-state index contributed by atoms with van der Waals surface area (Å²) in [6.07, 6.45) is 1.37. The van der Waals surface area contributed by atoms with Crippen molar-refractivity contribution in [2.45, 2.75) is 12.8 Å². The molecule has 4 amide bonds. The van der Waals surface area contributed by atoms with Crippen molar-refractivity contribution in [3.63, 3.8) is 0 Å². The van der Waals surface area contributed by atoms with Gasteiger partial charge in [0.1, 0.15) is 5.75 Å². The van der Waals surface area contributed by atoms with Crippen molar-refractivity contribution < 1.29 is 33.4 Å². The highest BCUT2D eigenvalue weighted by Crippen LogP contribution is 2.25. The molecule has 2 aromatic rings. The van der Waals surface area contributed by atoms with Gasteiger partial charge in [-0.2, -0.15) is 0 Å². The van der Waals surface area contributed by atoms with Crippen molar-refractivity contribution in [2.75, 3.05) is 37.0 Å². The van der Waals surface area contributed by atoms with E-state index < -0.39 is 36.9 Å². The molecule has 10 heteroatoms. The van der Waals surface area contributed by atoms with Crippen molar-refractivity contribution >= 4 is 41.0 Å². The summed E-state index contributed by atoms with van der Waals surface area (Å²) in [6, 6.07) is 11.1. The first-order valence-electron chi connectivity index (χ1n) is 10.3. The standard InChI is InChI=1S/C23H21N3O7/c1-25-22(30)17-9-4-14(11-18(17)23(25)31)24-19(27)12-33-21(29)13-32-16-7-5-15(6-8-16)26-10-2-3-20(26)28/h4-9,11H,2-3,10,12-13H2,1H3,(H,24,27). The first kappa shape index (κ1) is 22.0. The van der Waals surface area contributed by atoms with Crippen molar-refractivity contribution in [3.05, 3.63) is 53.6 Å². The zero-order valence-corrected chi connectivity index (χ0v) is 17.8. The molecule has 0 saturated carbocycles. The Morgan fingerprint density at radius 1 is 0.970 bits per heavy atom. The highest BCUT2D eigenvalue weighted by molar-refractivity contribution is 6.21. The van der Waals surface area contributed by atoms with Gasteiger partial charge in [0.15, 0.2) is 13.2 Å². The number of ether oxygens (including phenoxy) is 2. The number of imide groups is 1. The third-order valence-corrected chi connectivity index (χ3v) is 5.32. The number of fused-ring (bicyclic) bond motifs is 1. The van der Waals surface area contributed by atoms with Gasteiger partial charge >= 0.3 is 5.97 Å². The lowest BCUT2D eigenvalue weighted by Gasteiger charge is -2.16. The molecule has 2 aliphatic heterocycles. The molecule has 4 rings (SSSR count). The smallest absolute Gasteiger partial charge is 0.344 e. The maximum atomic E-state index is 12.1. The number of hydrogen-bond donors (Lipinski definition) is 1. The van der Waals surface area contributed by atoms with Crippen molar-refractivity contribution in [2.24, 2.45) is 0 Å². The molecular weight excluding hydrogens is 430 g/mol. The molecule has 0 radical (unpaired) electrons. The highest BCUT2D eigenvalue weighted by atomic mass is 16.6. The van der Waals surface area contributed by atoms with Gasteiger partial charge in [0.05, 0.1) is 11.1 Å². The van der Waals surface area contributed by atoms with E-state index in [-0.39, 0.29) is 17.0 Å². The van der Waals surface area contributed by atoms with E-state index in [2.05, 4.69) is 5.32 Å². The summed E-state index contributed by atoms with van der Waals surface area (Å²) >= 11 is 0. The molecule has 2 aliphatic rings. The normalized spacial score (nSPS) is 15.0. The quantitative estimate of drug-likeness (QED) is 0.501. The zero-order chi connectivity index (χ0) is 23.5. The topological polar surface area (TPSA) is 122 Å². The van der Waals surface area contributed by atoms with Crippen LogP contribution in [0.15, 0.2) is 42.5 Å². The zero-order valence-electron chi connectivity index (χ0n) is 17.8. The Morgan fingerprint density at radius 3 is 2.39 bits per heavy atom. The molecule has 170 valence electrons. The number of nitrogens with one attached hydrogen (secondary N) is 1. The fourth-order valence-corrected chi connectivity index (χ4v) is 3.61. The minimum atomic E-state index is -0.736. The molecule has 1 N–H and O–H groups in total. The van der Waals surface area contributed by atoms with Crippen LogP contribution >= 0.6 is 0 Å². The van der Waals surface area contributed by atoms with E-state index >= 15 is 0 Å². The van der Waals surface area contributed by atoms with Crippen LogP contribution < -0.4 is 15.0 Å². The first-order valence-corrected chi connectivity index (χ1v) is 10.3. The van der Waals surface area contributed by atoms with Crippen LogP contribution in [-0.2, 0) is 19.1 Å². The van der Waals surface area contributed by atoms with Gasteiger partial charge in [-0.25, -0.2) is 4.79 Å². The Hall–Kier alpha value is -4.21. The fourth-order valence-electron chi connectivity index (χ4n) is 3.61. The number of esters is 1. The molecule has 1 saturated heterocycles. The van der Waals surface area contributed by atoms with Gasteiger partial charge in [-0.15, -0.1) is 0 Å². The Bertz CT molecular complexity index is 1140. The predicted octanol–water partition coefficient (Wildman–Crippen LogP) is 1.60. The maximum absolute atomic E-state index is 12.1. The van der Waals surface area contributed by atoms with E-state index in [1.54, 1.807) is 29.2 Å². The summed E-state index contributed by atoms with van der Waals surface area (Å²) in [5, 5.41) is 2.52. The van der Waals surface area contributed by atoms with Gasteiger partial charge in [-0.05, 0) is 48.9 Å². The van der Waals surface area contributed by atoms with Gasteiger partial charge in [-0.1, -0.05) is 0 Å². The number of benzene rings is 2. The number of carbonyl (C=O) groups is 5. The summed E-state index contributed by atoms with van der Waals surface area (Å²) in [4.78, 5) is 62.4. The van der Waals surface area contributed by atoms with Crippen LogP contribution in [-0.4, -0.2) is 61.3 Å². The molecule has 0 atom stereocenters. The van der Waals surface area contributed by atoms with E-state index in [9.17, 15) is 24.0 Å². The number of carbonyl (C=O) groups excluding carboxylic acids is 5. The second-order valence-electron chi connectivity index (χ2n) is 7.57. The van der Waals surface area contributed by atoms with Crippen LogP contribution in [0.25, 0.3) is 0 Å². The second kappa shape index (κ2) is 9.11. The largest absolute Gasteiger partial charge is 0.482 e. The average Bonchev–Trinajstić information content (AvgIpc) is 3.33. The van der Waals surface area contributed by atoms with Crippen LogP contribution in [0, 0.1) is 0 Å². The third-order valence-electron chi connectivity index (χ3n) is 5.32. The molecular formula is C23H21N3O7. The highest BCUT2D eigenvalue weighted by Gasteiger charge is 2.32. The minimum absolute atomic E-state index is 0.0813. The number of rotatable bonds is 7. The third kappa shape index (κ3) is 4.69. The molecule has 0 aromatic heterocycles. The van der Waals surface area contributed by atoms with E-state index in [0.717, 1.165) is 17.0 Å². The molecule has 2 heterocycles. The summed E-state index contributed by atoms with van der Waals surface area (Å²) in [7, 11) is 1.38. The van der Waals surface area contributed by atoms with Crippen molar-refractivity contribution in [3.8, 4) is 5.75 Å². The molecule has 33 heavy (non-hydrogen) atoms. The van der Waals surface area contributed by atoms with Crippen molar-refractivity contribution in [1.82, 2.24) is 4.90 Å². The summed E-state index contributed by atoms with van der Waals surface area (Å²) in [5.41, 5.74) is 1.54. The predicted molar refractivity (Wildman–Crippen MR) is 116 cm³/mol. The van der Waals surface area contributed by atoms with E-state index in [0.29, 0.717) is 24.4 Å². The number of anilines is 2. The Kier molecular flexibility index (Phi) is 6.07. The average molecular weight is 451 g/mol.